The van der Waals surface area contributed by atoms with Crippen LogP contribution in [0.25, 0.3) is 0 Å². The van der Waals surface area contributed by atoms with Crippen LogP contribution in [0.4, 0.5) is 4.79 Å². The van der Waals surface area contributed by atoms with Gasteiger partial charge in [0.25, 0.3) is 0 Å². The van der Waals surface area contributed by atoms with Gasteiger partial charge < -0.3 is 15.7 Å². The van der Waals surface area contributed by atoms with E-state index < -0.39 is 18.0 Å². The molecule has 94 valence electrons. The normalized spacial score (nSPS) is 12.2. The maximum Gasteiger partial charge on any atom is 0.326 e. The number of aromatic nitrogens is 3. The van der Waals surface area contributed by atoms with Crippen molar-refractivity contribution in [2.45, 2.75) is 26.4 Å². The summed E-state index contributed by atoms with van der Waals surface area (Å²) in [6.07, 6.45) is 1.32. The number of nitrogens with one attached hydrogen (secondary N) is 3. The lowest BCUT2D eigenvalue weighted by molar-refractivity contribution is -0.140. The second-order valence-electron chi connectivity index (χ2n) is 3.82. The Labute approximate surface area is 97.8 Å². The summed E-state index contributed by atoms with van der Waals surface area (Å²) in [5.74, 6) is -0.755. The van der Waals surface area contributed by atoms with E-state index in [1.165, 1.54) is 6.33 Å². The minimum atomic E-state index is -1.06. The third kappa shape index (κ3) is 4.09. The van der Waals surface area contributed by atoms with Crippen molar-refractivity contribution in [3.05, 3.63) is 12.2 Å². The van der Waals surface area contributed by atoms with E-state index in [1.807, 2.05) is 0 Å². The zero-order valence-electron chi connectivity index (χ0n) is 9.60. The predicted molar refractivity (Wildman–Crippen MR) is 58.0 cm³/mol. The van der Waals surface area contributed by atoms with Crippen LogP contribution in [0.3, 0.4) is 0 Å². The van der Waals surface area contributed by atoms with E-state index in [2.05, 4.69) is 25.8 Å². The fraction of sp³-hybridized carbons (Fsp3) is 0.556. The largest absolute Gasteiger partial charge is 0.480 e. The summed E-state index contributed by atoms with van der Waals surface area (Å²) in [6.45, 7) is 3.60. The molecule has 0 aliphatic rings. The third-order valence-corrected chi connectivity index (χ3v) is 2.10. The first-order valence-corrected chi connectivity index (χ1v) is 5.12. The highest BCUT2D eigenvalue weighted by molar-refractivity contribution is 5.82. The highest BCUT2D eigenvalue weighted by Crippen LogP contribution is 2.01. The summed E-state index contributed by atoms with van der Waals surface area (Å²) >= 11 is 0. The first-order chi connectivity index (χ1) is 8.00. The number of carboxylic acid groups (broad SMARTS) is 1. The van der Waals surface area contributed by atoms with E-state index in [9.17, 15) is 9.59 Å². The summed E-state index contributed by atoms with van der Waals surface area (Å²) in [6, 6.07) is -1.47. The maximum absolute atomic E-state index is 11.4. The van der Waals surface area contributed by atoms with Gasteiger partial charge in [-0.2, -0.15) is 5.10 Å². The second kappa shape index (κ2) is 5.83. The number of carboxylic acids is 1. The van der Waals surface area contributed by atoms with Gasteiger partial charge in [-0.1, -0.05) is 13.8 Å². The fourth-order valence-corrected chi connectivity index (χ4v) is 1.19. The van der Waals surface area contributed by atoms with Gasteiger partial charge in [-0.15, -0.1) is 0 Å². The van der Waals surface area contributed by atoms with Crippen LogP contribution in [-0.4, -0.2) is 38.3 Å². The lowest BCUT2D eigenvalue weighted by Gasteiger charge is -2.17. The molecule has 4 N–H and O–H groups in total. The summed E-state index contributed by atoms with van der Waals surface area (Å²) in [5, 5.41) is 19.9. The number of urea groups is 1. The third-order valence-electron chi connectivity index (χ3n) is 2.10. The first kappa shape index (κ1) is 12.9. The Kier molecular flexibility index (Phi) is 4.44. The Hall–Kier alpha value is -2.12. The van der Waals surface area contributed by atoms with Gasteiger partial charge >= 0.3 is 12.0 Å². The molecule has 1 aromatic heterocycles. The van der Waals surface area contributed by atoms with E-state index in [1.54, 1.807) is 13.8 Å². The maximum atomic E-state index is 11.4. The molecule has 1 aromatic rings. The molecule has 1 atom stereocenters. The quantitative estimate of drug-likeness (QED) is 0.564. The van der Waals surface area contributed by atoms with Crippen LogP contribution >= 0.6 is 0 Å². The van der Waals surface area contributed by atoms with Crippen LogP contribution in [0.1, 0.15) is 19.7 Å². The monoisotopic (exact) mass is 241 g/mol. The molecule has 0 saturated heterocycles. The molecule has 1 rings (SSSR count). The molecule has 1 heterocycles. The number of rotatable bonds is 5. The average Bonchev–Trinajstić information content (AvgIpc) is 2.74. The van der Waals surface area contributed by atoms with Crippen LogP contribution < -0.4 is 10.6 Å². The molecule has 0 fully saturated rings. The number of aliphatic carboxylic acids is 1. The van der Waals surface area contributed by atoms with E-state index >= 15 is 0 Å². The van der Waals surface area contributed by atoms with Crippen molar-refractivity contribution in [2.24, 2.45) is 5.92 Å². The molecule has 0 radical (unpaired) electrons. The van der Waals surface area contributed by atoms with Crippen molar-refractivity contribution in [3.63, 3.8) is 0 Å². The van der Waals surface area contributed by atoms with Crippen molar-refractivity contribution in [3.8, 4) is 0 Å². The van der Waals surface area contributed by atoms with Crippen LogP contribution in [0.15, 0.2) is 6.33 Å². The lowest BCUT2D eigenvalue weighted by atomic mass is 10.1. The van der Waals surface area contributed by atoms with Gasteiger partial charge in [0.1, 0.15) is 18.2 Å². The Morgan fingerprint density at radius 1 is 1.53 bits per heavy atom. The van der Waals surface area contributed by atoms with Crippen molar-refractivity contribution < 1.29 is 14.7 Å². The minimum Gasteiger partial charge on any atom is -0.480 e. The zero-order chi connectivity index (χ0) is 12.8. The van der Waals surface area contributed by atoms with Crippen molar-refractivity contribution in [1.82, 2.24) is 25.8 Å². The molecule has 17 heavy (non-hydrogen) atoms. The first-order valence-electron chi connectivity index (χ1n) is 5.12. The molecule has 0 unspecified atom stereocenters. The smallest absolute Gasteiger partial charge is 0.326 e. The highest BCUT2D eigenvalue weighted by Gasteiger charge is 2.23. The Balaban J connectivity index is 2.40. The van der Waals surface area contributed by atoms with Gasteiger partial charge in [0.05, 0.1) is 6.54 Å². The highest BCUT2D eigenvalue weighted by atomic mass is 16.4. The summed E-state index contributed by atoms with van der Waals surface area (Å²) in [4.78, 5) is 26.1. The van der Waals surface area contributed by atoms with Gasteiger partial charge in [0.15, 0.2) is 0 Å². The zero-order valence-corrected chi connectivity index (χ0v) is 9.60. The van der Waals surface area contributed by atoms with Gasteiger partial charge in [-0.25, -0.2) is 14.6 Å². The molecule has 8 heteroatoms. The summed E-state index contributed by atoms with van der Waals surface area (Å²) < 4.78 is 0. The van der Waals surface area contributed by atoms with E-state index in [0.717, 1.165) is 0 Å². The van der Waals surface area contributed by atoms with Gasteiger partial charge in [-0.3, -0.25) is 5.10 Å². The number of carbonyl (C=O) groups is 2. The standard InChI is InChI=1S/C9H15N5O3/c1-5(2)7(8(15)16)13-9(17)10-3-6-11-4-12-14-6/h4-5,7H,3H2,1-2H3,(H,15,16)(H2,10,13,17)(H,11,12,14)/t7-/m1/s1. The Morgan fingerprint density at radius 2 is 2.24 bits per heavy atom. The minimum absolute atomic E-state index is 0.163. The molecule has 0 bridgehead atoms. The van der Waals surface area contributed by atoms with Crippen LogP contribution in [0.2, 0.25) is 0 Å². The fourth-order valence-electron chi connectivity index (χ4n) is 1.19. The lowest BCUT2D eigenvalue weighted by Crippen LogP contribution is -2.48. The van der Waals surface area contributed by atoms with Gasteiger partial charge in [0.2, 0.25) is 0 Å². The molecule has 0 spiro atoms. The second-order valence-corrected chi connectivity index (χ2v) is 3.82. The Morgan fingerprint density at radius 3 is 2.71 bits per heavy atom. The number of hydrogen-bond acceptors (Lipinski definition) is 4. The topological polar surface area (TPSA) is 120 Å². The van der Waals surface area contributed by atoms with Gasteiger partial charge in [0, 0.05) is 0 Å². The van der Waals surface area contributed by atoms with Crippen molar-refractivity contribution in [2.75, 3.05) is 0 Å². The average molecular weight is 241 g/mol. The number of aromatic amines is 1. The molecule has 0 aromatic carbocycles. The van der Waals surface area contributed by atoms with Gasteiger partial charge in [-0.05, 0) is 5.92 Å². The number of carbonyl (C=O) groups excluding carboxylic acids is 1. The molecule has 2 amide bonds. The number of H-pyrrole nitrogens is 1. The van der Waals surface area contributed by atoms with Crippen LogP contribution in [0.5, 0.6) is 0 Å². The van der Waals surface area contributed by atoms with Crippen LogP contribution in [0, 0.1) is 5.92 Å². The summed E-state index contributed by atoms with van der Waals surface area (Å²) in [5.41, 5.74) is 0. The summed E-state index contributed by atoms with van der Waals surface area (Å²) in [7, 11) is 0. The van der Waals surface area contributed by atoms with Crippen molar-refractivity contribution in [1.29, 1.82) is 0 Å². The Bertz CT molecular complexity index is 376. The van der Waals surface area contributed by atoms with Crippen LogP contribution in [-0.2, 0) is 11.3 Å². The van der Waals surface area contributed by atoms with E-state index in [4.69, 9.17) is 5.11 Å². The molecular weight excluding hydrogens is 226 g/mol. The SMILES string of the molecule is CC(C)[C@@H](NC(=O)NCc1ncn[nH]1)C(=O)O. The molecule has 0 aliphatic heterocycles. The van der Waals surface area contributed by atoms with E-state index in [0.29, 0.717) is 5.82 Å². The molecule has 0 aliphatic carbocycles. The number of amides is 2. The molecular formula is C9H15N5O3. The van der Waals surface area contributed by atoms with E-state index in [-0.39, 0.29) is 12.5 Å². The van der Waals surface area contributed by atoms with Crippen molar-refractivity contribution >= 4 is 12.0 Å². The number of hydrogen-bond donors (Lipinski definition) is 4. The number of nitrogens with zero attached hydrogens (tertiary/aromatic N) is 2. The molecule has 8 nitrogen and oxygen atoms in total. The predicted octanol–water partition coefficient (Wildman–Crippen LogP) is -0.287. The molecule has 0 saturated carbocycles.